The summed E-state index contributed by atoms with van der Waals surface area (Å²) in [6, 6.07) is 7.32. The number of nitrogens with zero attached hydrogens (tertiary/aromatic N) is 4. The maximum absolute atomic E-state index is 12.5. The van der Waals surface area contributed by atoms with Gasteiger partial charge in [-0.25, -0.2) is 4.79 Å². The molecule has 0 spiro atoms. The number of rotatable bonds is 8. The molecule has 1 saturated heterocycles. The number of benzene rings is 1. The van der Waals surface area contributed by atoms with Crippen LogP contribution in [-0.4, -0.2) is 75.9 Å². The third kappa shape index (κ3) is 6.53. The smallest absolute Gasteiger partial charge is 0.409 e. The normalized spacial score (nSPS) is 14.6. The van der Waals surface area contributed by atoms with Gasteiger partial charge in [-0.3, -0.25) is 9.59 Å². The van der Waals surface area contributed by atoms with Gasteiger partial charge in [0.05, 0.1) is 12.7 Å². The Bertz CT molecular complexity index is 1020. The third-order valence-electron chi connectivity index (χ3n) is 5.52. The van der Waals surface area contributed by atoms with Crippen molar-refractivity contribution < 1.29 is 19.1 Å². The fourth-order valence-corrected chi connectivity index (χ4v) is 3.42. The van der Waals surface area contributed by atoms with Crippen LogP contribution in [0.2, 0.25) is 0 Å². The number of aromatic nitrogens is 3. The first-order chi connectivity index (χ1) is 15.9. The van der Waals surface area contributed by atoms with Gasteiger partial charge in [0.2, 0.25) is 5.91 Å². The second kappa shape index (κ2) is 11.4. The molecule has 2 heterocycles. The number of carbonyl (C=O) groups excluding carboxylic acids is 2. The van der Waals surface area contributed by atoms with Gasteiger partial charge >= 0.3 is 6.09 Å². The monoisotopic (exact) mass is 457 g/mol. The van der Waals surface area contributed by atoms with Crippen molar-refractivity contribution in [1.29, 1.82) is 0 Å². The van der Waals surface area contributed by atoms with E-state index in [4.69, 9.17) is 9.47 Å². The largest absolute Gasteiger partial charge is 0.491 e. The van der Waals surface area contributed by atoms with Crippen molar-refractivity contribution >= 4 is 12.0 Å². The zero-order valence-corrected chi connectivity index (χ0v) is 19.4. The molecule has 10 nitrogen and oxygen atoms in total. The van der Waals surface area contributed by atoms with Crippen LogP contribution in [0.15, 0.2) is 29.1 Å². The Labute approximate surface area is 192 Å². The Morgan fingerprint density at radius 2 is 1.85 bits per heavy atom. The molecular formula is C23H31N5O5. The molecule has 1 atom stereocenters. The lowest BCUT2D eigenvalue weighted by Gasteiger charge is -2.34. The summed E-state index contributed by atoms with van der Waals surface area (Å²) in [5, 5.41) is 8.20. The summed E-state index contributed by atoms with van der Waals surface area (Å²) in [4.78, 5) is 42.9. The summed E-state index contributed by atoms with van der Waals surface area (Å²) in [7, 11) is 0. The molecule has 0 radical (unpaired) electrons. The molecule has 0 saturated carbocycles. The Kier molecular flexibility index (Phi) is 8.39. The fraction of sp³-hybridized carbons (Fsp3) is 0.522. The Balaban J connectivity index is 1.56. The van der Waals surface area contributed by atoms with Gasteiger partial charge in [0.1, 0.15) is 11.4 Å². The maximum atomic E-state index is 12.5. The van der Waals surface area contributed by atoms with Crippen molar-refractivity contribution in [3.63, 3.8) is 0 Å². The van der Waals surface area contributed by atoms with Gasteiger partial charge in [-0.15, -0.1) is 10.2 Å². The van der Waals surface area contributed by atoms with Crippen LogP contribution in [0.25, 0.3) is 11.4 Å². The van der Waals surface area contributed by atoms with Crippen molar-refractivity contribution in [3.05, 3.63) is 40.3 Å². The van der Waals surface area contributed by atoms with Crippen LogP contribution < -0.4 is 10.3 Å². The third-order valence-corrected chi connectivity index (χ3v) is 5.52. The molecule has 10 heteroatoms. The summed E-state index contributed by atoms with van der Waals surface area (Å²) < 4.78 is 10.8. The lowest BCUT2D eigenvalue weighted by molar-refractivity contribution is -0.132. The zero-order valence-electron chi connectivity index (χ0n) is 19.4. The minimum absolute atomic E-state index is 0.0819. The van der Waals surface area contributed by atoms with Crippen LogP contribution in [0, 0.1) is 0 Å². The van der Waals surface area contributed by atoms with Crippen molar-refractivity contribution in [2.75, 3.05) is 32.8 Å². The van der Waals surface area contributed by atoms with Gasteiger partial charge in [-0.05, 0) is 32.4 Å². The molecule has 1 aliphatic rings. The SMILES string of the molecule is CCOC(=O)N1CCN(C(=O)CCc2nnc(-c3cccc(O[C@H](C)CC)c3)[nH]c2=O)CC1. The molecule has 2 amide bonds. The molecule has 1 aromatic carbocycles. The number of H-pyrrole nitrogens is 1. The molecule has 178 valence electrons. The van der Waals surface area contributed by atoms with Gasteiger partial charge in [-0.2, -0.15) is 0 Å². The highest BCUT2D eigenvalue weighted by Gasteiger charge is 2.25. The lowest BCUT2D eigenvalue weighted by atomic mass is 10.2. The van der Waals surface area contributed by atoms with Crippen molar-refractivity contribution in [3.8, 4) is 17.1 Å². The van der Waals surface area contributed by atoms with Crippen molar-refractivity contribution in [2.45, 2.75) is 46.1 Å². The van der Waals surface area contributed by atoms with Gasteiger partial charge < -0.3 is 24.3 Å². The van der Waals surface area contributed by atoms with Crippen LogP contribution in [0.1, 0.15) is 39.3 Å². The number of amides is 2. The second-order valence-electron chi connectivity index (χ2n) is 7.88. The first kappa shape index (κ1) is 24.2. The van der Waals surface area contributed by atoms with Crippen LogP contribution in [-0.2, 0) is 16.0 Å². The highest BCUT2D eigenvalue weighted by molar-refractivity contribution is 5.77. The molecular weight excluding hydrogens is 426 g/mol. The zero-order chi connectivity index (χ0) is 23.8. The molecule has 0 aliphatic carbocycles. The minimum Gasteiger partial charge on any atom is -0.491 e. The highest BCUT2D eigenvalue weighted by Crippen LogP contribution is 2.21. The standard InChI is InChI=1S/C23H31N5O5/c1-4-16(3)33-18-8-6-7-17(15-18)21-24-22(30)19(25-26-21)9-10-20(29)27-11-13-28(14-12-27)23(31)32-5-2/h6-8,15-16H,4-5,9-14H2,1-3H3,(H,24,26,30)/t16-/m1/s1. The summed E-state index contributed by atoms with van der Waals surface area (Å²) in [6.07, 6.45) is 0.947. The van der Waals surface area contributed by atoms with Gasteiger partial charge in [0.15, 0.2) is 5.82 Å². The number of ether oxygens (including phenoxy) is 2. The number of hydrogen-bond acceptors (Lipinski definition) is 7. The van der Waals surface area contributed by atoms with E-state index in [1.165, 1.54) is 0 Å². The second-order valence-corrected chi connectivity index (χ2v) is 7.88. The lowest BCUT2D eigenvalue weighted by Crippen LogP contribution is -2.50. The van der Waals surface area contributed by atoms with E-state index in [1.807, 2.05) is 38.1 Å². The first-order valence-electron chi connectivity index (χ1n) is 11.3. The van der Waals surface area contributed by atoms with E-state index in [9.17, 15) is 14.4 Å². The maximum Gasteiger partial charge on any atom is 0.409 e. The molecule has 1 aromatic heterocycles. The Morgan fingerprint density at radius 3 is 2.52 bits per heavy atom. The predicted octanol–water partition coefficient (Wildman–Crippen LogP) is 2.24. The number of piperazine rings is 1. The average Bonchev–Trinajstić information content (AvgIpc) is 2.83. The number of carbonyl (C=O) groups is 2. The molecule has 1 fully saturated rings. The van der Waals surface area contributed by atoms with Crippen molar-refractivity contribution in [1.82, 2.24) is 25.0 Å². The summed E-state index contributed by atoms with van der Waals surface area (Å²) >= 11 is 0. The average molecular weight is 458 g/mol. The van der Waals surface area contributed by atoms with Gasteiger partial charge in [0.25, 0.3) is 5.56 Å². The van der Waals surface area contributed by atoms with Gasteiger partial charge in [-0.1, -0.05) is 19.1 Å². The number of hydrogen-bond donors (Lipinski definition) is 1. The first-order valence-corrected chi connectivity index (χ1v) is 11.3. The minimum atomic E-state index is -0.367. The van der Waals surface area contributed by atoms with E-state index in [0.717, 1.165) is 6.42 Å². The van der Waals surface area contributed by atoms with E-state index >= 15 is 0 Å². The molecule has 2 aromatic rings. The van der Waals surface area contributed by atoms with Crippen LogP contribution in [0.4, 0.5) is 4.79 Å². The van der Waals surface area contributed by atoms with Crippen LogP contribution in [0.3, 0.4) is 0 Å². The van der Waals surface area contributed by atoms with Crippen LogP contribution >= 0.6 is 0 Å². The molecule has 33 heavy (non-hydrogen) atoms. The van der Waals surface area contributed by atoms with E-state index in [0.29, 0.717) is 49.9 Å². The summed E-state index contributed by atoms with van der Waals surface area (Å²) in [6.45, 7) is 7.85. The molecule has 3 rings (SSSR count). The van der Waals surface area contributed by atoms with E-state index in [-0.39, 0.29) is 42.2 Å². The van der Waals surface area contributed by atoms with E-state index in [1.54, 1.807) is 16.7 Å². The van der Waals surface area contributed by atoms with Crippen molar-refractivity contribution in [2.24, 2.45) is 0 Å². The molecule has 1 N–H and O–H groups in total. The molecule has 0 bridgehead atoms. The predicted molar refractivity (Wildman–Crippen MR) is 122 cm³/mol. The number of aryl methyl sites for hydroxylation is 1. The fourth-order valence-electron chi connectivity index (χ4n) is 3.42. The van der Waals surface area contributed by atoms with E-state index in [2.05, 4.69) is 15.2 Å². The topological polar surface area (TPSA) is 118 Å². The van der Waals surface area contributed by atoms with Gasteiger partial charge in [0, 0.05) is 44.6 Å². The highest BCUT2D eigenvalue weighted by atomic mass is 16.6. The van der Waals surface area contributed by atoms with E-state index < -0.39 is 0 Å². The molecule has 1 aliphatic heterocycles. The number of aromatic amines is 1. The quantitative estimate of drug-likeness (QED) is 0.646. The number of nitrogens with one attached hydrogen (secondary N) is 1. The van der Waals surface area contributed by atoms with Crippen LogP contribution in [0.5, 0.6) is 5.75 Å². The molecule has 0 unspecified atom stereocenters. The Hall–Kier alpha value is -3.43. The Morgan fingerprint density at radius 1 is 1.12 bits per heavy atom. The summed E-state index contributed by atoms with van der Waals surface area (Å²) in [5.74, 6) is 0.959. The summed E-state index contributed by atoms with van der Waals surface area (Å²) in [5.41, 5.74) is 0.542.